The van der Waals surface area contributed by atoms with Crippen molar-refractivity contribution in [2.75, 3.05) is 4.90 Å². The predicted octanol–water partition coefficient (Wildman–Crippen LogP) is 18.1. The predicted molar refractivity (Wildman–Crippen MR) is 286 cm³/mol. The Kier molecular flexibility index (Phi) is 8.84. The van der Waals surface area contributed by atoms with Gasteiger partial charge in [-0.1, -0.05) is 206 Å². The van der Waals surface area contributed by atoms with E-state index >= 15 is 0 Å². The lowest BCUT2D eigenvalue weighted by Gasteiger charge is -2.30. The summed E-state index contributed by atoms with van der Waals surface area (Å²) in [5.74, 6) is 0. The summed E-state index contributed by atoms with van der Waals surface area (Å²) in [7, 11) is 0. The Morgan fingerprint density at radius 1 is 0.261 bits per heavy atom. The van der Waals surface area contributed by atoms with Gasteiger partial charge in [-0.05, 0) is 144 Å². The number of para-hydroxylation sites is 2. The third-order valence-corrected chi connectivity index (χ3v) is 14.7. The standard InChI is InChI=1S/C67H43NO/c1-3-18-44(19-4-1)57-42-59-54-26-12-16-33-64(54)69-65(59)43-58(57)46-36-40-49(41-37-46)68(47-20-5-2-6-21-47)48-38-34-45(35-39-48)50-22-7-8-23-51(50)55-28-17-32-63-66(55)56-27-11-15-31-62(56)67(63)60-29-13-9-24-52(60)53-25-10-14-30-61(53)67/h1-43H. The molecule has 0 radical (unpaired) electrons. The van der Waals surface area contributed by atoms with E-state index in [9.17, 15) is 0 Å². The zero-order valence-corrected chi connectivity index (χ0v) is 37.7. The molecule has 12 aromatic rings. The van der Waals surface area contributed by atoms with E-state index in [1.807, 2.05) is 12.1 Å². The number of fused-ring (bicyclic) bond motifs is 13. The molecule has 0 amide bonds. The van der Waals surface area contributed by atoms with Gasteiger partial charge in [-0.15, -0.1) is 0 Å². The molecule has 0 bridgehead atoms. The highest BCUT2D eigenvalue weighted by Gasteiger charge is 2.52. The summed E-state index contributed by atoms with van der Waals surface area (Å²) in [5, 5.41) is 2.25. The van der Waals surface area contributed by atoms with E-state index in [4.69, 9.17) is 4.42 Å². The van der Waals surface area contributed by atoms with Crippen LogP contribution in [0, 0.1) is 0 Å². The van der Waals surface area contributed by atoms with E-state index in [0.29, 0.717) is 0 Å². The number of hydrogen-bond donors (Lipinski definition) is 0. The first kappa shape index (κ1) is 39.2. The topological polar surface area (TPSA) is 16.4 Å². The monoisotopic (exact) mass is 877 g/mol. The lowest BCUT2D eigenvalue weighted by Crippen LogP contribution is -2.25. The molecule has 0 saturated heterocycles. The van der Waals surface area contributed by atoms with Gasteiger partial charge in [-0.2, -0.15) is 0 Å². The van der Waals surface area contributed by atoms with Crippen LogP contribution in [0.3, 0.4) is 0 Å². The largest absolute Gasteiger partial charge is 0.456 e. The fourth-order valence-electron chi connectivity index (χ4n) is 11.8. The number of benzene rings is 11. The normalized spacial score (nSPS) is 12.8. The Morgan fingerprint density at radius 2 is 0.710 bits per heavy atom. The van der Waals surface area contributed by atoms with Gasteiger partial charge in [-0.25, -0.2) is 0 Å². The molecule has 0 saturated carbocycles. The van der Waals surface area contributed by atoms with Crippen molar-refractivity contribution >= 4 is 39.0 Å². The van der Waals surface area contributed by atoms with E-state index in [0.717, 1.165) is 50.1 Å². The summed E-state index contributed by atoms with van der Waals surface area (Å²) in [4.78, 5) is 2.34. The summed E-state index contributed by atoms with van der Waals surface area (Å²) in [6, 6.07) is 95.3. The van der Waals surface area contributed by atoms with Crippen molar-refractivity contribution in [3.8, 4) is 66.8 Å². The van der Waals surface area contributed by atoms with Crippen LogP contribution in [0.4, 0.5) is 17.1 Å². The summed E-state index contributed by atoms with van der Waals surface area (Å²) in [6.07, 6.45) is 0. The van der Waals surface area contributed by atoms with Crippen LogP contribution in [0.2, 0.25) is 0 Å². The molecule has 2 nitrogen and oxygen atoms in total. The van der Waals surface area contributed by atoms with Gasteiger partial charge in [0.15, 0.2) is 0 Å². The minimum atomic E-state index is -0.392. The van der Waals surface area contributed by atoms with Crippen molar-refractivity contribution < 1.29 is 4.42 Å². The van der Waals surface area contributed by atoms with Crippen molar-refractivity contribution in [2.45, 2.75) is 5.41 Å². The Hall–Kier alpha value is -8.98. The maximum Gasteiger partial charge on any atom is 0.136 e. The van der Waals surface area contributed by atoms with Gasteiger partial charge in [0.25, 0.3) is 0 Å². The molecule has 2 aliphatic carbocycles. The molecule has 322 valence electrons. The molecular weight excluding hydrogens is 835 g/mol. The zero-order valence-electron chi connectivity index (χ0n) is 37.7. The molecule has 1 spiro atoms. The minimum absolute atomic E-state index is 0.392. The highest BCUT2D eigenvalue weighted by atomic mass is 16.3. The van der Waals surface area contributed by atoms with Crippen molar-refractivity contribution in [1.82, 2.24) is 0 Å². The average molecular weight is 878 g/mol. The van der Waals surface area contributed by atoms with E-state index in [-0.39, 0.29) is 0 Å². The molecule has 0 unspecified atom stereocenters. The lowest BCUT2D eigenvalue weighted by atomic mass is 9.70. The summed E-state index contributed by atoms with van der Waals surface area (Å²) < 4.78 is 6.43. The van der Waals surface area contributed by atoms with Crippen molar-refractivity contribution in [2.24, 2.45) is 0 Å². The van der Waals surface area contributed by atoms with E-state index in [2.05, 4.69) is 254 Å². The summed E-state index contributed by atoms with van der Waals surface area (Å²) >= 11 is 0. The van der Waals surface area contributed by atoms with Crippen LogP contribution >= 0.6 is 0 Å². The number of anilines is 3. The molecule has 0 N–H and O–H groups in total. The second-order valence-corrected chi connectivity index (χ2v) is 18.3. The number of furan rings is 1. The van der Waals surface area contributed by atoms with Crippen LogP contribution in [-0.4, -0.2) is 0 Å². The Bertz CT molecular complexity index is 3890. The highest BCUT2D eigenvalue weighted by Crippen LogP contribution is 2.64. The van der Waals surface area contributed by atoms with Gasteiger partial charge in [-0.3, -0.25) is 0 Å². The Morgan fingerprint density at radius 3 is 1.38 bits per heavy atom. The second-order valence-electron chi connectivity index (χ2n) is 18.3. The first-order valence-corrected chi connectivity index (χ1v) is 23.8. The van der Waals surface area contributed by atoms with Crippen LogP contribution in [0.5, 0.6) is 0 Å². The zero-order chi connectivity index (χ0) is 45.5. The fourth-order valence-corrected chi connectivity index (χ4v) is 11.8. The van der Waals surface area contributed by atoms with Gasteiger partial charge in [0.05, 0.1) is 5.41 Å². The summed E-state index contributed by atoms with van der Waals surface area (Å²) in [6.45, 7) is 0. The molecule has 0 fully saturated rings. The van der Waals surface area contributed by atoms with Crippen LogP contribution in [0.1, 0.15) is 22.3 Å². The molecular formula is C67H43NO. The van der Waals surface area contributed by atoms with Gasteiger partial charge in [0, 0.05) is 27.8 Å². The van der Waals surface area contributed by atoms with Gasteiger partial charge < -0.3 is 9.32 Å². The first-order valence-electron chi connectivity index (χ1n) is 23.8. The summed E-state index contributed by atoms with van der Waals surface area (Å²) in [5.41, 5.74) is 24.8. The molecule has 0 atom stereocenters. The smallest absolute Gasteiger partial charge is 0.136 e. The fraction of sp³-hybridized carbons (Fsp3) is 0.0149. The molecule has 11 aromatic carbocycles. The van der Waals surface area contributed by atoms with Crippen molar-refractivity contribution in [3.05, 3.63) is 283 Å². The maximum absolute atomic E-state index is 6.43. The van der Waals surface area contributed by atoms with Crippen molar-refractivity contribution in [3.63, 3.8) is 0 Å². The second kappa shape index (κ2) is 15.6. The highest BCUT2D eigenvalue weighted by molar-refractivity contribution is 6.09. The van der Waals surface area contributed by atoms with E-state index in [1.54, 1.807) is 0 Å². The maximum atomic E-state index is 6.43. The first-order chi connectivity index (χ1) is 34.2. The molecule has 0 aliphatic heterocycles. The Labute approximate surface area is 401 Å². The minimum Gasteiger partial charge on any atom is -0.456 e. The number of rotatable bonds is 7. The Balaban J connectivity index is 0.860. The van der Waals surface area contributed by atoms with Crippen molar-refractivity contribution in [1.29, 1.82) is 0 Å². The SMILES string of the molecule is c1ccc(-c2cc3c(cc2-c2ccc(N(c4ccccc4)c4ccc(-c5ccccc5-c5cccc6c5-c5ccccc5C65c6ccccc6-c6ccccc65)cc4)cc2)oc2ccccc23)cc1. The third-order valence-electron chi connectivity index (χ3n) is 14.7. The molecule has 2 aliphatic rings. The molecule has 69 heavy (non-hydrogen) atoms. The van der Waals surface area contributed by atoms with Crippen LogP contribution in [0.15, 0.2) is 265 Å². The lowest BCUT2D eigenvalue weighted by molar-refractivity contribution is 0.669. The van der Waals surface area contributed by atoms with Gasteiger partial charge in [0.1, 0.15) is 11.2 Å². The van der Waals surface area contributed by atoms with E-state index < -0.39 is 5.41 Å². The number of hydrogen-bond acceptors (Lipinski definition) is 2. The molecule has 1 aromatic heterocycles. The quantitative estimate of drug-likeness (QED) is 0.159. The van der Waals surface area contributed by atoms with Crippen LogP contribution in [-0.2, 0) is 5.41 Å². The van der Waals surface area contributed by atoms with E-state index in [1.165, 1.54) is 77.9 Å². The molecule has 14 rings (SSSR count). The number of nitrogens with zero attached hydrogens (tertiary/aromatic N) is 1. The van der Waals surface area contributed by atoms with Gasteiger partial charge in [0.2, 0.25) is 0 Å². The van der Waals surface area contributed by atoms with Crippen LogP contribution in [0.25, 0.3) is 88.7 Å². The van der Waals surface area contributed by atoms with Gasteiger partial charge >= 0.3 is 0 Å². The average Bonchev–Trinajstić information content (AvgIpc) is 4.05. The third kappa shape index (κ3) is 5.92. The molecule has 2 heteroatoms. The molecule has 1 heterocycles. The van der Waals surface area contributed by atoms with Crippen LogP contribution < -0.4 is 4.90 Å².